The summed E-state index contributed by atoms with van der Waals surface area (Å²) in [7, 11) is 0. The molecule has 0 atom stereocenters. The molecule has 0 aliphatic carbocycles. The monoisotopic (exact) mass is 468 g/mol. The molecule has 4 aromatic rings. The maximum absolute atomic E-state index is 13.1. The number of aliphatic imine (C=N–C) groups is 1. The number of benzene rings is 4. The van der Waals surface area contributed by atoms with Gasteiger partial charge in [-0.15, -0.1) is 0 Å². The molecule has 0 fully saturated rings. The zero-order valence-electron chi connectivity index (χ0n) is 18.4. The lowest BCUT2D eigenvalue weighted by molar-refractivity contribution is -0.398. The average molecular weight is 468 g/mol. The average Bonchev–Trinajstić information content (AvgIpc) is 2.85. The predicted octanol–water partition coefficient (Wildman–Crippen LogP) is 5.40. The van der Waals surface area contributed by atoms with E-state index in [1.54, 1.807) is 30.3 Å². The van der Waals surface area contributed by atoms with Gasteiger partial charge in [-0.1, -0.05) is 36.4 Å². The van der Waals surface area contributed by atoms with Crippen molar-refractivity contribution in [3.05, 3.63) is 129 Å². The molecule has 0 aliphatic heterocycles. The lowest BCUT2D eigenvalue weighted by atomic mass is 10.0. The Balaban J connectivity index is 1.57. The molecule has 7 nitrogen and oxygen atoms in total. The van der Waals surface area contributed by atoms with Gasteiger partial charge in [-0.05, 0) is 77.4 Å². The van der Waals surface area contributed by atoms with E-state index in [0.717, 1.165) is 5.56 Å². The minimum absolute atomic E-state index is 0.0888. The Bertz CT molecular complexity index is 1400. The van der Waals surface area contributed by atoms with Crippen LogP contribution in [0, 0.1) is 15.9 Å². The number of carbonyl (C=O) groups is 1. The van der Waals surface area contributed by atoms with Gasteiger partial charge in [-0.25, -0.2) is 4.39 Å². The number of rotatable bonds is 7. The fourth-order valence-electron chi connectivity index (χ4n) is 3.47. The molecule has 0 heterocycles. The minimum Gasteiger partial charge on any atom is -0.867 e. The molecule has 4 rings (SSSR count). The summed E-state index contributed by atoms with van der Waals surface area (Å²) in [6.07, 6.45) is 1.71. The van der Waals surface area contributed by atoms with Crippen LogP contribution in [0.25, 0.3) is 0 Å². The normalized spacial score (nSPS) is 10.9. The van der Waals surface area contributed by atoms with Crippen LogP contribution < -0.4 is 10.4 Å². The summed E-state index contributed by atoms with van der Waals surface area (Å²) < 4.78 is 13.1. The summed E-state index contributed by atoms with van der Waals surface area (Å²) >= 11 is 0. The van der Waals surface area contributed by atoms with Gasteiger partial charge in [-0.2, -0.15) is 0 Å². The van der Waals surface area contributed by atoms with Crippen LogP contribution in [0.3, 0.4) is 0 Å². The highest BCUT2D eigenvalue weighted by atomic mass is 19.1. The molecule has 0 aromatic heterocycles. The number of nitro groups is 1. The summed E-state index contributed by atoms with van der Waals surface area (Å²) in [6, 6.07) is 24.0. The van der Waals surface area contributed by atoms with Crippen LogP contribution in [0.15, 0.2) is 96.0 Å². The number of amides is 1. The van der Waals surface area contributed by atoms with Crippen LogP contribution >= 0.6 is 0 Å². The SMILES string of the molecule is O=C(Nc1cccc(N=Cc2cc(Cc3ccccc3)cc([N+](=O)[O-])c2[O-])c1)c1ccc(F)cc1. The van der Waals surface area contributed by atoms with Crippen molar-refractivity contribution in [2.75, 3.05) is 5.32 Å². The van der Waals surface area contributed by atoms with Crippen LogP contribution in [-0.4, -0.2) is 17.0 Å². The fraction of sp³-hybridized carbons (Fsp3) is 0.0370. The molecular formula is C27H19FN3O4-. The van der Waals surface area contributed by atoms with Crippen molar-refractivity contribution < 1.29 is 19.2 Å². The van der Waals surface area contributed by atoms with Gasteiger partial charge in [0, 0.05) is 23.5 Å². The van der Waals surface area contributed by atoms with Crippen molar-refractivity contribution in [2.45, 2.75) is 6.42 Å². The molecule has 0 unspecified atom stereocenters. The minimum atomic E-state index is -0.726. The molecule has 0 radical (unpaired) electrons. The van der Waals surface area contributed by atoms with Crippen molar-refractivity contribution in [1.82, 2.24) is 0 Å². The van der Waals surface area contributed by atoms with Gasteiger partial charge >= 0.3 is 0 Å². The van der Waals surface area contributed by atoms with Crippen molar-refractivity contribution >= 4 is 29.2 Å². The van der Waals surface area contributed by atoms with E-state index in [4.69, 9.17) is 0 Å². The Kier molecular flexibility index (Phi) is 6.92. The molecule has 35 heavy (non-hydrogen) atoms. The van der Waals surface area contributed by atoms with Crippen molar-refractivity contribution in [3.63, 3.8) is 0 Å². The molecule has 174 valence electrons. The van der Waals surface area contributed by atoms with Gasteiger partial charge in [-0.3, -0.25) is 19.9 Å². The second kappa shape index (κ2) is 10.4. The van der Waals surface area contributed by atoms with E-state index in [9.17, 15) is 24.4 Å². The quantitative estimate of drug-likeness (QED) is 0.222. The molecule has 0 spiro atoms. The number of hydrogen-bond donors (Lipinski definition) is 1. The molecular weight excluding hydrogens is 449 g/mol. The lowest BCUT2D eigenvalue weighted by Crippen LogP contribution is -2.11. The summed E-state index contributed by atoms with van der Waals surface area (Å²) in [5.74, 6) is -1.59. The highest BCUT2D eigenvalue weighted by molar-refractivity contribution is 6.04. The van der Waals surface area contributed by atoms with Gasteiger partial charge < -0.3 is 10.4 Å². The fourth-order valence-corrected chi connectivity index (χ4v) is 3.47. The van der Waals surface area contributed by atoms with Gasteiger partial charge in [0.15, 0.2) is 0 Å². The highest BCUT2D eigenvalue weighted by Gasteiger charge is 2.13. The zero-order valence-corrected chi connectivity index (χ0v) is 18.4. The number of nitrogens with zero attached hydrogens (tertiary/aromatic N) is 2. The van der Waals surface area contributed by atoms with Crippen molar-refractivity contribution in [2.24, 2.45) is 4.99 Å². The molecule has 0 bridgehead atoms. The summed E-state index contributed by atoms with van der Waals surface area (Å²) in [5.41, 5.74) is 2.31. The third kappa shape index (κ3) is 5.94. The summed E-state index contributed by atoms with van der Waals surface area (Å²) in [5, 5.41) is 26.8. The van der Waals surface area contributed by atoms with Gasteiger partial charge in [0.2, 0.25) is 0 Å². The number of carbonyl (C=O) groups excluding carboxylic acids is 1. The third-order valence-electron chi connectivity index (χ3n) is 5.17. The largest absolute Gasteiger partial charge is 0.867 e. The van der Waals surface area contributed by atoms with Crippen LogP contribution in [0.5, 0.6) is 5.75 Å². The van der Waals surface area contributed by atoms with E-state index in [2.05, 4.69) is 10.3 Å². The molecule has 0 aliphatic rings. The van der Waals surface area contributed by atoms with Crippen LogP contribution in [0.2, 0.25) is 0 Å². The number of hydrogen-bond acceptors (Lipinski definition) is 5. The van der Waals surface area contributed by atoms with Crippen LogP contribution in [0.4, 0.5) is 21.5 Å². The van der Waals surface area contributed by atoms with Gasteiger partial charge in [0.05, 0.1) is 10.6 Å². The Morgan fingerprint density at radius 3 is 2.40 bits per heavy atom. The Morgan fingerprint density at radius 2 is 1.69 bits per heavy atom. The summed E-state index contributed by atoms with van der Waals surface area (Å²) in [6.45, 7) is 0. The van der Waals surface area contributed by atoms with E-state index < -0.39 is 28.1 Å². The molecule has 0 saturated carbocycles. The van der Waals surface area contributed by atoms with Gasteiger partial charge in [0.1, 0.15) is 5.82 Å². The molecule has 1 N–H and O–H groups in total. The molecule has 4 aromatic carbocycles. The first kappa shape index (κ1) is 23.3. The Morgan fingerprint density at radius 1 is 0.943 bits per heavy atom. The first-order chi connectivity index (χ1) is 16.9. The third-order valence-corrected chi connectivity index (χ3v) is 5.17. The van der Waals surface area contributed by atoms with Crippen LogP contribution in [0.1, 0.15) is 27.0 Å². The molecule has 8 heteroatoms. The van der Waals surface area contributed by atoms with Crippen LogP contribution in [-0.2, 0) is 6.42 Å². The second-order valence-corrected chi connectivity index (χ2v) is 7.72. The first-order valence-electron chi connectivity index (χ1n) is 10.6. The van der Waals surface area contributed by atoms with Gasteiger partial charge in [0.25, 0.3) is 11.6 Å². The van der Waals surface area contributed by atoms with E-state index >= 15 is 0 Å². The first-order valence-corrected chi connectivity index (χ1v) is 10.6. The van der Waals surface area contributed by atoms with Crippen molar-refractivity contribution in [3.8, 4) is 5.75 Å². The van der Waals surface area contributed by atoms with E-state index in [0.29, 0.717) is 28.9 Å². The maximum atomic E-state index is 13.1. The molecule has 0 saturated heterocycles. The standard InChI is InChI=1S/C27H20FN3O4/c28-22-11-9-20(10-12-22)27(33)30-24-8-4-7-23(16-24)29-17-21-14-19(13-18-5-2-1-3-6-18)15-25(26(21)32)31(34)35/h1-12,14-17,32H,13H2,(H,30,33)/p-1. The number of nitrogens with one attached hydrogen (secondary N) is 1. The van der Waals surface area contributed by atoms with E-state index in [1.165, 1.54) is 36.5 Å². The Hall–Kier alpha value is -4.85. The van der Waals surface area contributed by atoms with E-state index in [-0.39, 0.29) is 5.56 Å². The number of anilines is 1. The summed E-state index contributed by atoms with van der Waals surface area (Å²) in [4.78, 5) is 27.4. The Labute approximate surface area is 200 Å². The number of halogens is 1. The highest BCUT2D eigenvalue weighted by Crippen LogP contribution is 2.29. The van der Waals surface area contributed by atoms with E-state index in [1.807, 2.05) is 30.3 Å². The molecule has 1 amide bonds. The number of nitro benzene ring substituents is 1. The predicted molar refractivity (Wildman–Crippen MR) is 130 cm³/mol. The lowest BCUT2D eigenvalue weighted by Gasteiger charge is -2.13. The topological polar surface area (TPSA) is 108 Å². The zero-order chi connectivity index (χ0) is 24.8. The second-order valence-electron chi connectivity index (χ2n) is 7.72. The maximum Gasteiger partial charge on any atom is 0.262 e. The van der Waals surface area contributed by atoms with Crippen molar-refractivity contribution in [1.29, 1.82) is 0 Å². The smallest absolute Gasteiger partial charge is 0.262 e.